The highest BCUT2D eigenvalue weighted by Gasteiger charge is 2.55. The number of hydrogen-bond acceptors (Lipinski definition) is 6. The molecule has 22 rings (SSSR count). The van der Waals surface area contributed by atoms with E-state index in [1.54, 1.807) is 0 Å². The predicted octanol–water partition coefficient (Wildman–Crippen LogP) is 27.1. The lowest BCUT2D eigenvalue weighted by Crippen LogP contribution is -2.45. The smallest absolute Gasteiger partial charge is 0.160 e. The molecule has 0 atom stereocenters. The summed E-state index contributed by atoms with van der Waals surface area (Å²) in [6.45, 7) is 7.28. The van der Waals surface area contributed by atoms with E-state index >= 15 is 0 Å². The van der Waals surface area contributed by atoms with Crippen LogP contribution in [0.3, 0.4) is 0 Å². The number of fused-ring (bicyclic) bond motifs is 18. The van der Waals surface area contributed by atoms with Crippen molar-refractivity contribution in [2.75, 3.05) is 0 Å². The van der Waals surface area contributed by atoms with E-state index < -0.39 is 16.2 Å². The zero-order valence-corrected chi connectivity index (χ0v) is 64.8. The maximum absolute atomic E-state index is 5.50. The second-order valence-electron chi connectivity index (χ2n) is 31.6. The van der Waals surface area contributed by atoms with Crippen molar-refractivity contribution in [3.63, 3.8) is 0 Å². The quantitative estimate of drug-likeness (QED) is 0.136. The maximum atomic E-state index is 5.50. The summed E-state index contributed by atoms with van der Waals surface area (Å²) in [7, 11) is 0. The summed E-state index contributed by atoms with van der Waals surface area (Å²) >= 11 is 3.78. The van der Waals surface area contributed by atoms with Crippen LogP contribution in [0.4, 0.5) is 0 Å². The van der Waals surface area contributed by atoms with Gasteiger partial charge < -0.3 is 0 Å². The lowest BCUT2D eigenvalue weighted by Gasteiger charge is -2.51. The zero-order valence-electron chi connectivity index (χ0n) is 63.2. The Balaban J connectivity index is 0.639. The minimum atomic E-state index is -0.668. The van der Waals surface area contributed by atoms with Crippen molar-refractivity contribution in [2.45, 2.75) is 68.4 Å². The highest BCUT2D eigenvalue weighted by Crippen LogP contribution is 2.65. The van der Waals surface area contributed by atoms with E-state index in [0.717, 1.165) is 84.7 Å². The van der Waals surface area contributed by atoms with Crippen LogP contribution in [-0.2, 0) is 28.1 Å². The van der Waals surface area contributed by atoms with Gasteiger partial charge in [-0.1, -0.05) is 378 Å². The molecule has 4 heterocycles. The molecule has 0 unspecified atom stereocenters. The third kappa shape index (κ3) is 10.5. The fourth-order valence-electron chi connectivity index (χ4n) is 19.8. The lowest BCUT2D eigenvalue weighted by atomic mass is 9.52. The van der Waals surface area contributed by atoms with E-state index in [-0.39, 0.29) is 5.41 Å². The van der Waals surface area contributed by atoms with E-state index in [2.05, 4.69) is 397 Å². The van der Waals surface area contributed by atoms with Gasteiger partial charge in [0.15, 0.2) is 11.6 Å². The molecule has 0 radical (unpaired) electrons. The first-order valence-electron chi connectivity index (χ1n) is 39.4. The van der Waals surface area contributed by atoms with Crippen LogP contribution in [-0.4, -0.2) is 19.9 Å². The molecule has 4 aliphatic rings. The van der Waals surface area contributed by atoms with Gasteiger partial charge >= 0.3 is 0 Å². The van der Waals surface area contributed by atoms with E-state index in [4.69, 9.17) is 19.9 Å². The van der Waals surface area contributed by atoms with Crippen LogP contribution in [0.25, 0.3) is 112 Å². The standard InChI is InChI=1S/C108H74N4S2/c1-105(2)83-44-12-16-48-87(83)107(88-49-17-13-45-84(88)105)91-52-20-22-55-99(91)113-101-64-73(59-60-93(101)107)72-36-25-38-75(61-72)95-65-96(110-103(109-95)70-30-6-4-7-31-70)77-58-57-69-34-24-40-78(82(69)63-77)67-106(3)85-46-14-18-50-89(85)108(90-51-19-15-47-86(90)106)92-53-21-23-56-100(92)114-102-80(42-28-54-94(102)108)74-37-26-39-76(62-74)97-66-98(112-104(111-97)71-32-8-5-9-33-71)81-43-27-35-68-29-10-11-41-79(68)81/h4-66H,67H2,1-3H3. The van der Waals surface area contributed by atoms with Crippen LogP contribution in [0, 0.1) is 0 Å². The second kappa shape index (κ2) is 26.5. The molecule has 0 bridgehead atoms. The molecule has 2 aliphatic carbocycles. The summed E-state index contributed by atoms with van der Waals surface area (Å²) in [5, 5.41) is 4.72. The second-order valence-corrected chi connectivity index (χ2v) is 33.7. The first-order valence-corrected chi connectivity index (χ1v) is 41.1. The molecule has 0 amide bonds. The van der Waals surface area contributed by atoms with Crippen molar-refractivity contribution >= 4 is 45.1 Å². The molecule has 4 nitrogen and oxygen atoms in total. The topological polar surface area (TPSA) is 51.6 Å². The van der Waals surface area contributed by atoms with E-state index in [1.165, 1.54) is 114 Å². The number of rotatable bonds is 10. The molecular weight excluding hydrogens is 1420 g/mol. The number of benzene rings is 16. The number of hydrogen-bond donors (Lipinski definition) is 0. The average molecular weight is 1490 g/mol. The Morgan fingerprint density at radius 2 is 0.632 bits per heavy atom. The first-order chi connectivity index (χ1) is 56.1. The molecule has 0 fully saturated rings. The fraction of sp³-hybridized carbons (Fsp3) is 0.0741. The van der Waals surface area contributed by atoms with Crippen molar-refractivity contribution in [3.05, 3.63) is 455 Å². The van der Waals surface area contributed by atoms with Crippen molar-refractivity contribution in [3.8, 4) is 90.1 Å². The summed E-state index contributed by atoms with van der Waals surface area (Å²) in [5.41, 5.74) is 29.6. The average Bonchev–Trinajstić information content (AvgIpc) is 0.679. The van der Waals surface area contributed by atoms with Gasteiger partial charge in [-0.25, -0.2) is 19.9 Å². The van der Waals surface area contributed by atoms with Gasteiger partial charge in [0.2, 0.25) is 0 Å². The SMILES string of the molecule is CC1(C)c2ccccc2C2(c3ccccc3Sc3cc(-c4cccc(-c5cc(-c6ccc7cccc(CC8(C)c9ccccc9C9(c%10ccccc%10Sc%10c(-c%11cccc(-c%12cc(-c%13cccc%14ccccc%13%14)nc(-c%13ccccc%13)n%12)c%11)cccc%109)c9ccccc98)c7c6)nc(-c6ccccc6)n5)c4)ccc32)c2ccccc21. The van der Waals surface area contributed by atoms with Gasteiger partial charge in [-0.3, -0.25) is 0 Å². The van der Waals surface area contributed by atoms with Gasteiger partial charge in [-0.2, -0.15) is 0 Å². The summed E-state index contributed by atoms with van der Waals surface area (Å²) in [4.78, 5) is 26.7. The van der Waals surface area contributed by atoms with Gasteiger partial charge in [0.25, 0.3) is 0 Å². The van der Waals surface area contributed by atoms with Gasteiger partial charge in [0.05, 0.1) is 33.6 Å². The minimum Gasteiger partial charge on any atom is -0.228 e. The molecule has 0 N–H and O–H groups in total. The van der Waals surface area contributed by atoms with Gasteiger partial charge in [0, 0.05) is 63.8 Å². The van der Waals surface area contributed by atoms with Crippen LogP contribution in [0.1, 0.15) is 93.1 Å². The van der Waals surface area contributed by atoms with Crippen LogP contribution < -0.4 is 0 Å². The van der Waals surface area contributed by atoms with Gasteiger partial charge in [-0.05, 0) is 171 Å². The molecule has 18 aromatic rings. The Labute approximate surface area is 673 Å². The van der Waals surface area contributed by atoms with E-state index in [9.17, 15) is 0 Å². The minimum absolute atomic E-state index is 0.178. The molecule has 114 heavy (non-hydrogen) atoms. The van der Waals surface area contributed by atoms with E-state index in [0.29, 0.717) is 11.6 Å². The Morgan fingerprint density at radius 1 is 0.237 bits per heavy atom. The molecule has 2 spiro atoms. The Bertz CT molecular complexity index is 6880. The van der Waals surface area contributed by atoms with Crippen LogP contribution in [0.15, 0.2) is 402 Å². The molecule has 2 aromatic heterocycles. The molecule has 2 aliphatic heterocycles. The molecule has 0 saturated heterocycles. The highest BCUT2D eigenvalue weighted by atomic mass is 32.2. The van der Waals surface area contributed by atoms with E-state index in [1.807, 2.05) is 29.6 Å². The number of nitrogens with zero attached hydrogens (tertiary/aromatic N) is 4. The Hall–Kier alpha value is -13.1. The summed E-state index contributed by atoms with van der Waals surface area (Å²) < 4.78 is 0. The van der Waals surface area contributed by atoms with Crippen molar-refractivity contribution in [1.29, 1.82) is 0 Å². The summed E-state index contributed by atoms with van der Waals surface area (Å²) in [6.07, 6.45) is 0.746. The third-order valence-electron chi connectivity index (χ3n) is 25.0. The van der Waals surface area contributed by atoms with Crippen LogP contribution in [0.2, 0.25) is 0 Å². The molecule has 6 heteroatoms. The summed E-state index contributed by atoms with van der Waals surface area (Å²) in [5.74, 6) is 1.37. The van der Waals surface area contributed by atoms with Gasteiger partial charge in [0.1, 0.15) is 0 Å². The molecule has 0 saturated carbocycles. The first kappa shape index (κ1) is 67.8. The zero-order chi connectivity index (χ0) is 75.9. The fourth-order valence-corrected chi connectivity index (χ4v) is 22.4. The highest BCUT2D eigenvalue weighted by molar-refractivity contribution is 8.00. The molecule has 538 valence electrons. The van der Waals surface area contributed by atoms with Gasteiger partial charge in [-0.15, -0.1) is 0 Å². The molecule has 16 aromatic carbocycles. The Kier molecular flexibility index (Phi) is 15.8. The molecular formula is C108H74N4S2. The van der Waals surface area contributed by atoms with Crippen molar-refractivity contribution in [1.82, 2.24) is 19.9 Å². The van der Waals surface area contributed by atoms with Crippen LogP contribution in [0.5, 0.6) is 0 Å². The Morgan fingerprint density at radius 3 is 1.26 bits per heavy atom. The van der Waals surface area contributed by atoms with Crippen molar-refractivity contribution in [2.24, 2.45) is 0 Å². The lowest BCUT2D eigenvalue weighted by molar-refractivity contribution is 0.507. The van der Waals surface area contributed by atoms with Crippen molar-refractivity contribution < 1.29 is 0 Å². The summed E-state index contributed by atoms with van der Waals surface area (Å²) in [6, 6.07) is 142. The van der Waals surface area contributed by atoms with Crippen LogP contribution >= 0.6 is 23.5 Å². The number of aromatic nitrogens is 4. The normalized spacial score (nSPS) is 14.5. The third-order valence-corrected chi connectivity index (χ3v) is 27.4. The maximum Gasteiger partial charge on any atom is 0.160 e. The monoisotopic (exact) mass is 1490 g/mol. The largest absolute Gasteiger partial charge is 0.228 e. The predicted molar refractivity (Wildman–Crippen MR) is 470 cm³/mol.